The van der Waals surface area contributed by atoms with Crippen molar-refractivity contribution in [2.45, 2.75) is 42.9 Å². The van der Waals surface area contributed by atoms with Crippen molar-refractivity contribution in [3.05, 3.63) is 52.2 Å². The van der Waals surface area contributed by atoms with Gasteiger partial charge in [-0.3, -0.25) is 4.79 Å². The highest BCUT2D eigenvalue weighted by Gasteiger charge is 2.27. The molecule has 4 rings (SSSR count). The van der Waals surface area contributed by atoms with Crippen LogP contribution >= 0.6 is 23.1 Å². The molecule has 0 spiro atoms. The SMILES string of the molecule is Cc1nc(S[C@H](C(=O)N(C)C)c2ccccc2)c2c3c(sc2n1)CCCC3. The normalized spacial score (nSPS) is 14.8. The number of likely N-dealkylation sites (N-methyl/N-ethyl adjacent to an activating group) is 1. The van der Waals surface area contributed by atoms with E-state index in [1.807, 2.05) is 51.4 Å². The van der Waals surface area contributed by atoms with Crippen molar-refractivity contribution in [1.82, 2.24) is 14.9 Å². The van der Waals surface area contributed by atoms with Gasteiger partial charge in [0.15, 0.2) is 0 Å². The standard InChI is InChI=1S/C21H23N3OS2/c1-13-22-19-17(15-11-7-8-12-16(15)26-19)20(23-13)27-18(21(25)24(2)3)14-9-5-4-6-10-14/h4-6,9-10,18H,7-8,11-12H2,1-3H3/t18-/m0/s1. The number of aromatic nitrogens is 2. The fraction of sp³-hybridized carbons (Fsp3) is 0.381. The number of fused-ring (bicyclic) bond motifs is 3. The van der Waals surface area contributed by atoms with Crippen molar-refractivity contribution in [3.8, 4) is 0 Å². The van der Waals surface area contributed by atoms with Crippen LogP contribution in [0.2, 0.25) is 0 Å². The lowest BCUT2D eigenvalue weighted by Gasteiger charge is -2.21. The fourth-order valence-corrected chi connectivity index (χ4v) is 6.27. The fourth-order valence-electron chi connectivity index (χ4n) is 3.55. The largest absolute Gasteiger partial charge is 0.348 e. The van der Waals surface area contributed by atoms with Gasteiger partial charge in [-0.2, -0.15) is 0 Å². The number of carbonyl (C=O) groups is 1. The molecule has 27 heavy (non-hydrogen) atoms. The molecule has 0 saturated carbocycles. The monoisotopic (exact) mass is 397 g/mol. The van der Waals surface area contributed by atoms with Crippen LogP contribution in [0.15, 0.2) is 35.4 Å². The molecule has 6 heteroatoms. The molecule has 0 N–H and O–H groups in total. The zero-order chi connectivity index (χ0) is 19.0. The van der Waals surface area contributed by atoms with Crippen molar-refractivity contribution in [1.29, 1.82) is 0 Å². The molecule has 0 aliphatic heterocycles. The maximum absolute atomic E-state index is 13.0. The van der Waals surface area contributed by atoms with Crippen LogP contribution in [0, 0.1) is 6.92 Å². The van der Waals surface area contributed by atoms with Crippen LogP contribution in [0.4, 0.5) is 0 Å². The highest BCUT2D eigenvalue weighted by atomic mass is 32.2. The van der Waals surface area contributed by atoms with Crippen LogP contribution in [0.3, 0.4) is 0 Å². The van der Waals surface area contributed by atoms with E-state index in [1.165, 1.54) is 28.7 Å². The predicted molar refractivity (Wildman–Crippen MR) is 113 cm³/mol. The van der Waals surface area contributed by atoms with Crippen LogP contribution in [0.25, 0.3) is 10.2 Å². The Morgan fingerprint density at radius 2 is 1.89 bits per heavy atom. The van der Waals surface area contributed by atoms with Crippen molar-refractivity contribution in [3.63, 3.8) is 0 Å². The first-order valence-electron chi connectivity index (χ1n) is 9.26. The van der Waals surface area contributed by atoms with Gasteiger partial charge in [0.05, 0.1) is 0 Å². The molecule has 1 atom stereocenters. The second kappa shape index (κ2) is 7.60. The van der Waals surface area contributed by atoms with E-state index >= 15 is 0 Å². The van der Waals surface area contributed by atoms with Gasteiger partial charge in [-0.25, -0.2) is 9.97 Å². The molecule has 0 fully saturated rings. The maximum Gasteiger partial charge on any atom is 0.240 e. The lowest BCUT2D eigenvalue weighted by atomic mass is 9.97. The third-order valence-electron chi connectivity index (χ3n) is 4.89. The third kappa shape index (κ3) is 3.60. The summed E-state index contributed by atoms with van der Waals surface area (Å²) in [7, 11) is 3.62. The summed E-state index contributed by atoms with van der Waals surface area (Å²) in [5, 5.41) is 1.82. The van der Waals surface area contributed by atoms with Crippen LogP contribution in [-0.2, 0) is 17.6 Å². The first kappa shape index (κ1) is 18.4. The molecule has 2 heterocycles. The second-order valence-electron chi connectivity index (χ2n) is 7.11. The number of hydrogen-bond acceptors (Lipinski definition) is 5. The Morgan fingerprint density at radius 1 is 1.15 bits per heavy atom. The number of thiophene rings is 1. The summed E-state index contributed by atoms with van der Waals surface area (Å²) in [6.07, 6.45) is 4.70. The molecular weight excluding hydrogens is 374 g/mol. The van der Waals surface area contributed by atoms with Crippen LogP contribution in [0.5, 0.6) is 0 Å². The summed E-state index contributed by atoms with van der Waals surface area (Å²) in [6.45, 7) is 1.94. The highest BCUT2D eigenvalue weighted by molar-refractivity contribution is 8.00. The number of thioether (sulfide) groups is 1. The zero-order valence-electron chi connectivity index (χ0n) is 15.9. The number of amides is 1. The Morgan fingerprint density at radius 3 is 2.63 bits per heavy atom. The Labute approximate surface area is 168 Å². The maximum atomic E-state index is 13.0. The van der Waals surface area contributed by atoms with Gasteiger partial charge in [-0.15, -0.1) is 11.3 Å². The summed E-state index contributed by atoms with van der Waals surface area (Å²) >= 11 is 3.37. The van der Waals surface area contributed by atoms with Gasteiger partial charge in [0.25, 0.3) is 0 Å². The topological polar surface area (TPSA) is 46.1 Å². The van der Waals surface area contributed by atoms with E-state index in [-0.39, 0.29) is 11.2 Å². The molecular formula is C21H23N3OS2. The predicted octanol–water partition coefficient (Wildman–Crippen LogP) is 4.80. The third-order valence-corrected chi connectivity index (χ3v) is 7.30. The van der Waals surface area contributed by atoms with E-state index in [9.17, 15) is 4.79 Å². The molecule has 1 aliphatic rings. The molecule has 0 unspecified atom stereocenters. The summed E-state index contributed by atoms with van der Waals surface area (Å²) in [5.74, 6) is 0.854. The Hall–Kier alpha value is -1.92. The number of benzene rings is 1. The van der Waals surface area contributed by atoms with Crippen LogP contribution in [0.1, 0.15) is 39.9 Å². The zero-order valence-corrected chi connectivity index (χ0v) is 17.5. The number of nitrogens with zero attached hydrogens (tertiary/aromatic N) is 3. The average Bonchev–Trinajstić information content (AvgIpc) is 3.04. The minimum absolute atomic E-state index is 0.0831. The van der Waals surface area contributed by atoms with Gasteiger partial charge in [-0.05, 0) is 43.7 Å². The summed E-state index contributed by atoms with van der Waals surface area (Å²) in [6, 6.07) is 9.99. The molecule has 1 amide bonds. The van der Waals surface area contributed by atoms with Crippen molar-refractivity contribution in [2.24, 2.45) is 0 Å². The highest BCUT2D eigenvalue weighted by Crippen LogP contribution is 2.44. The Bertz CT molecular complexity index is 982. The molecule has 140 valence electrons. The molecule has 1 aromatic carbocycles. The minimum atomic E-state index is -0.308. The molecule has 0 bridgehead atoms. The van der Waals surface area contributed by atoms with Gasteiger partial charge in [0.1, 0.15) is 20.9 Å². The number of carbonyl (C=O) groups excluding carboxylic acids is 1. The summed E-state index contributed by atoms with van der Waals surface area (Å²) < 4.78 is 0. The number of rotatable bonds is 4. The first-order chi connectivity index (χ1) is 13.0. The van der Waals surface area contributed by atoms with Crippen molar-refractivity contribution < 1.29 is 4.79 Å². The van der Waals surface area contributed by atoms with E-state index in [0.29, 0.717) is 0 Å². The van der Waals surface area contributed by atoms with Gasteiger partial charge >= 0.3 is 0 Å². The Balaban J connectivity index is 1.82. The Kier molecular flexibility index (Phi) is 5.19. The lowest BCUT2D eigenvalue weighted by Crippen LogP contribution is -2.26. The molecule has 1 aliphatic carbocycles. The second-order valence-corrected chi connectivity index (χ2v) is 9.29. The van der Waals surface area contributed by atoms with Gasteiger partial charge in [0.2, 0.25) is 5.91 Å². The van der Waals surface area contributed by atoms with Gasteiger partial charge in [0, 0.05) is 24.4 Å². The van der Waals surface area contributed by atoms with Gasteiger partial charge in [-0.1, -0.05) is 42.1 Å². The summed E-state index contributed by atoms with van der Waals surface area (Å²) in [5.41, 5.74) is 2.42. The van der Waals surface area contributed by atoms with Crippen molar-refractivity contribution >= 4 is 39.2 Å². The quantitative estimate of drug-likeness (QED) is 0.469. The molecule has 0 radical (unpaired) electrons. The van der Waals surface area contributed by atoms with E-state index in [2.05, 4.69) is 0 Å². The van der Waals surface area contributed by atoms with E-state index in [0.717, 1.165) is 34.1 Å². The smallest absolute Gasteiger partial charge is 0.240 e. The molecule has 2 aromatic heterocycles. The minimum Gasteiger partial charge on any atom is -0.348 e. The summed E-state index contributed by atoms with van der Waals surface area (Å²) in [4.78, 5) is 26.6. The van der Waals surface area contributed by atoms with E-state index in [4.69, 9.17) is 9.97 Å². The van der Waals surface area contributed by atoms with Crippen molar-refractivity contribution in [2.75, 3.05) is 14.1 Å². The number of aryl methyl sites for hydroxylation is 3. The molecule has 0 saturated heterocycles. The average molecular weight is 398 g/mol. The lowest BCUT2D eigenvalue weighted by molar-refractivity contribution is -0.128. The van der Waals surface area contributed by atoms with Crippen LogP contribution in [-0.4, -0.2) is 34.9 Å². The van der Waals surface area contributed by atoms with E-state index < -0.39 is 0 Å². The van der Waals surface area contributed by atoms with Crippen LogP contribution < -0.4 is 0 Å². The molecule has 3 aromatic rings. The number of hydrogen-bond donors (Lipinski definition) is 0. The van der Waals surface area contributed by atoms with E-state index in [1.54, 1.807) is 28.0 Å². The first-order valence-corrected chi connectivity index (χ1v) is 11.0. The molecule has 4 nitrogen and oxygen atoms in total. The van der Waals surface area contributed by atoms with Gasteiger partial charge < -0.3 is 4.90 Å².